The summed E-state index contributed by atoms with van der Waals surface area (Å²) in [6.45, 7) is 2.07. The highest BCUT2D eigenvalue weighted by atomic mass is 79.9. The summed E-state index contributed by atoms with van der Waals surface area (Å²) in [5, 5.41) is 0. The number of hydrogen-bond donors (Lipinski definition) is 1. The number of hydrogen-bond acceptors (Lipinski definition) is 2. The lowest BCUT2D eigenvalue weighted by Crippen LogP contribution is -1.91. The fourth-order valence-corrected chi connectivity index (χ4v) is 1.93. The lowest BCUT2D eigenvalue weighted by Gasteiger charge is -2.06. The van der Waals surface area contributed by atoms with Crippen LogP contribution in [0.4, 0.5) is 5.82 Å². The van der Waals surface area contributed by atoms with E-state index in [1.54, 1.807) is 6.20 Å². The van der Waals surface area contributed by atoms with Crippen molar-refractivity contribution >= 4 is 21.7 Å². The lowest BCUT2D eigenvalue weighted by atomic mass is 10.0. The number of halogens is 1. The molecule has 0 unspecified atom stereocenters. The molecule has 1 aromatic heterocycles. The number of aromatic nitrogens is 1. The van der Waals surface area contributed by atoms with Gasteiger partial charge in [0.25, 0.3) is 0 Å². The second-order valence-corrected chi connectivity index (χ2v) is 4.31. The smallest absolute Gasteiger partial charge is 0.123 e. The zero-order valence-electron chi connectivity index (χ0n) is 8.37. The van der Waals surface area contributed by atoms with Crippen molar-refractivity contribution in [1.29, 1.82) is 0 Å². The van der Waals surface area contributed by atoms with E-state index in [2.05, 4.69) is 46.0 Å². The van der Waals surface area contributed by atoms with Gasteiger partial charge in [0.05, 0.1) is 0 Å². The van der Waals surface area contributed by atoms with Crippen molar-refractivity contribution in [2.75, 3.05) is 5.73 Å². The largest absolute Gasteiger partial charge is 0.384 e. The molecule has 15 heavy (non-hydrogen) atoms. The molecule has 2 nitrogen and oxygen atoms in total. The molecule has 2 N–H and O–H groups in total. The van der Waals surface area contributed by atoms with Crippen LogP contribution in [0.5, 0.6) is 0 Å². The predicted molar refractivity (Wildman–Crippen MR) is 66.5 cm³/mol. The van der Waals surface area contributed by atoms with Gasteiger partial charge in [0.15, 0.2) is 0 Å². The molecular formula is C12H11BrN2. The van der Waals surface area contributed by atoms with E-state index in [9.17, 15) is 0 Å². The summed E-state index contributed by atoms with van der Waals surface area (Å²) in [7, 11) is 0. The molecule has 1 heterocycles. The number of nitrogens with two attached hydrogens (primary N) is 1. The number of nitrogen functional groups attached to an aromatic ring is 1. The van der Waals surface area contributed by atoms with E-state index in [4.69, 9.17) is 5.73 Å². The van der Waals surface area contributed by atoms with E-state index in [0.717, 1.165) is 15.6 Å². The Balaban J connectivity index is 2.58. The van der Waals surface area contributed by atoms with Crippen LogP contribution in [0, 0.1) is 6.92 Å². The minimum Gasteiger partial charge on any atom is -0.384 e. The average molecular weight is 263 g/mol. The molecule has 3 heteroatoms. The highest BCUT2D eigenvalue weighted by Crippen LogP contribution is 2.29. The first-order valence-electron chi connectivity index (χ1n) is 4.65. The van der Waals surface area contributed by atoms with Crippen LogP contribution in [-0.4, -0.2) is 4.98 Å². The van der Waals surface area contributed by atoms with Gasteiger partial charge >= 0.3 is 0 Å². The summed E-state index contributed by atoms with van der Waals surface area (Å²) in [5.41, 5.74) is 9.13. The lowest BCUT2D eigenvalue weighted by molar-refractivity contribution is 1.32. The molecule has 0 atom stereocenters. The van der Waals surface area contributed by atoms with E-state index in [0.29, 0.717) is 5.82 Å². The van der Waals surface area contributed by atoms with Gasteiger partial charge in [-0.1, -0.05) is 29.8 Å². The Morgan fingerprint density at radius 1 is 1.27 bits per heavy atom. The Morgan fingerprint density at radius 3 is 2.80 bits per heavy atom. The van der Waals surface area contributed by atoms with Crippen LogP contribution < -0.4 is 5.73 Å². The Morgan fingerprint density at radius 2 is 2.07 bits per heavy atom. The number of aryl methyl sites for hydroxylation is 1. The number of rotatable bonds is 1. The fraction of sp³-hybridized carbons (Fsp3) is 0.0833. The van der Waals surface area contributed by atoms with Crippen LogP contribution in [0.15, 0.2) is 41.0 Å². The van der Waals surface area contributed by atoms with Crippen LogP contribution in [0.25, 0.3) is 11.1 Å². The summed E-state index contributed by atoms with van der Waals surface area (Å²) in [6, 6.07) is 10.2. The summed E-state index contributed by atoms with van der Waals surface area (Å²) >= 11 is 3.47. The minimum absolute atomic E-state index is 0.537. The summed E-state index contributed by atoms with van der Waals surface area (Å²) < 4.78 is 0.960. The fourth-order valence-electron chi connectivity index (χ4n) is 1.49. The first-order valence-corrected chi connectivity index (χ1v) is 5.44. The van der Waals surface area contributed by atoms with Crippen LogP contribution in [0.1, 0.15) is 5.56 Å². The van der Waals surface area contributed by atoms with E-state index in [-0.39, 0.29) is 0 Å². The van der Waals surface area contributed by atoms with Gasteiger partial charge in [-0.3, -0.25) is 0 Å². The molecule has 0 aliphatic rings. The Kier molecular flexibility index (Phi) is 2.73. The van der Waals surface area contributed by atoms with Gasteiger partial charge in [0.2, 0.25) is 0 Å². The predicted octanol–water partition coefficient (Wildman–Crippen LogP) is 3.40. The van der Waals surface area contributed by atoms with Crippen molar-refractivity contribution in [2.45, 2.75) is 6.92 Å². The zero-order chi connectivity index (χ0) is 10.8. The van der Waals surface area contributed by atoms with E-state index >= 15 is 0 Å². The summed E-state index contributed by atoms with van der Waals surface area (Å²) in [4.78, 5) is 4.02. The molecular weight excluding hydrogens is 252 g/mol. The maximum Gasteiger partial charge on any atom is 0.123 e. The van der Waals surface area contributed by atoms with Crippen LogP contribution >= 0.6 is 15.9 Å². The molecule has 76 valence electrons. The highest BCUT2D eigenvalue weighted by molar-refractivity contribution is 9.10. The van der Waals surface area contributed by atoms with Gasteiger partial charge in [0, 0.05) is 16.2 Å². The second kappa shape index (κ2) is 4.03. The number of benzene rings is 1. The Labute approximate surface area is 97.3 Å². The molecule has 2 aromatic rings. The molecule has 0 saturated heterocycles. The average Bonchev–Trinajstić information content (AvgIpc) is 2.22. The zero-order valence-corrected chi connectivity index (χ0v) is 9.95. The quantitative estimate of drug-likeness (QED) is 0.856. The van der Waals surface area contributed by atoms with Crippen LogP contribution in [-0.2, 0) is 0 Å². The third-order valence-corrected chi connectivity index (χ3v) is 2.84. The first kappa shape index (κ1) is 10.2. The number of nitrogens with zero attached hydrogens (tertiary/aromatic N) is 1. The minimum atomic E-state index is 0.537. The third kappa shape index (κ3) is 2.18. The SMILES string of the molecule is Cc1cccc(-c2cc(N)ncc2Br)c1. The maximum absolute atomic E-state index is 5.67. The molecule has 0 spiro atoms. The molecule has 0 aliphatic heterocycles. The number of pyridine rings is 1. The van der Waals surface area contributed by atoms with Crippen molar-refractivity contribution in [2.24, 2.45) is 0 Å². The van der Waals surface area contributed by atoms with Gasteiger partial charge in [0.1, 0.15) is 5.82 Å². The summed E-state index contributed by atoms with van der Waals surface area (Å²) in [6.07, 6.45) is 1.73. The second-order valence-electron chi connectivity index (χ2n) is 3.46. The molecule has 0 radical (unpaired) electrons. The van der Waals surface area contributed by atoms with Crippen molar-refractivity contribution < 1.29 is 0 Å². The van der Waals surface area contributed by atoms with Crippen molar-refractivity contribution in [3.63, 3.8) is 0 Å². The van der Waals surface area contributed by atoms with E-state index in [1.165, 1.54) is 5.56 Å². The van der Waals surface area contributed by atoms with Crippen molar-refractivity contribution in [3.8, 4) is 11.1 Å². The van der Waals surface area contributed by atoms with Crippen molar-refractivity contribution in [1.82, 2.24) is 4.98 Å². The normalized spacial score (nSPS) is 10.3. The van der Waals surface area contributed by atoms with Gasteiger partial charge in [-0.2, -0.15) is 0 Å². The van der Waals surface area contributed by atoms with Crippen molar-refractivity contribution in [3.05, 3.63) is 46.6 Å². The monoisotopic (exact) mass is 262 g/mol. The third-order valence-electron chi connectivity index (χ3n) is 2.21. The molecule has 0 saturated carbocycles. The Bertz CT molecular complexity index is 495. The van der Waals surface area contributed by atoms with E-state index in [1.807, 2.05) is 12.1 Å². The summed E-state index contributed by atoms with van der Waals surface area (Å²) in [5.74, 6) is 0.537. The molecule has 1 aromatic carbocycles. The van der Waals surface area contributed by atoms with Gasteiger partial charge < -0.3 is 5.73 Å². The van der Waals surface area contributed by atoms with Crippen LogP contribution in [0.2, 0.25) is 0 Å². The molecule has 0 amide bonds. The van der Waals surface area contributed by atoms with Gasteiger partial charge in [-0.05, 0) is 34.5 Å². The number of anilines is 1. The standard InChI is InChI=1S/C12H11BrN2/c1-8-3-2-4-9(5-8)10-6-12(14)15-7-11(10)13/h2-7H,1H3,(H2,14,15). The molecule has 0 aliphatic carbocycles. The maximum atomic E-state index is 5.67. The molecule has 2 rings (SSSR count). The van der Waals surface area contributed by atoms with Crippen LogP contribution in [0.3, 0.4) is 0 Å². The Hall–Kier alpha value is -1.35. The van der Waals surface area contributed by atoms with Gasteiger partial charge in [-0.25, -0.2) is 4.98 Å². The van der Waals surface area contributed by atoms with E-state index < -0.39 is 0 Å². The first-order chi connectivity index (χ1) is 7.16. The highest BCUT2D eigenvalue weighted by Gasteiger charge is 2.04. The molecule has 0 fully saturated rings. The topological polar surface area (TPSA) is 38.9 Å². The molecule has 0 bridgehead atoms. The van der Waals surface area contributed by atoms with Gasteiger partial charge in [-0.15, -0.1) is 0 Å².